The quantitative estimate of drug-likeness (QED) is 0.395. The molecule has 0 aliphatic rings. The Morgan fingerprint density at radius 2 is 1.68 bits per heavy atom. The van der Waals surface area contributed by atoms with Crippen LogP contribution in [-0.4, -0.2) is 9.97 Å². The van der Waals surface area contributed by atoms with Crippen LogP contribution in [0.25, 0.3) is 21.3 Å². The Hall–Kier alpha value is -1.85. The number of hydrogen-bond acceptors (Lipinski definition) is 4. The molecule has 0 aliphatic heterocycles. The molecule has 4 rings (SSSR count). The summed E-state index contributed by atoms with van der Waals surface area (Å²) in [6.07, 6.45) is 1.55. The van der Waals surface area contributed by atoms with Gasteiger partial charge in [0.15, 0.2) is 0 Å². The largest absolute Gasteiger partial charge is 0.340 e. The van der Waals surface area contributed by atoms with Gasteiger partial charge in [-0.05, 0) is 35.9 Å². The van der Waals surface area contributed by atoms with Crippen molar-refractivity contribution in [2.45, 2.75) is 0 Å². The Balaban J connectivity index is 1.82. The smallest absolute Gasteiger partial charge is 0.143 e. The molecule has 124 valence electrons. The molecule has 7 heteroatoms. The Kier molecular flexibility index (Phi) is 4.52. The number of nitrogens with zero attached hydrogens (tertiary/aromatic N) is 2. The summed E-state index contributed by atoms with van der Waals surface area (Å²) in [6, 6.07) is 13.1. The fourth-order valence-electron chi connectivity index (χ4n) is 2.52. The van der Waals surface area contributed by atoms with Crippen molar-refractivity contribution in [3.05, 3.63) is 69.2 Å². The van der Waals surface area contributed by atoms with E-state index in [4.69, 9.17) is 34.8 Å². The van der Waals surface area contributed by atoms with Crippen LogP contribution in [0.5, 0.6) is 0 Å². The molecule has 0 unspecified atom stereocenters. The molecule has 0 radical (unpaired) electrons. The van der Waals surface area contributed by atoms with Crippen molar-refractivity contribution >= 4 is 67.9 Å². The first-order valence-corrected chi connectivity index (χ1v) is 9.33. The Labute approximate surface area is 163 Å². The van der Waals surface area contributed by atoms with Crippen molar-refractivity contribution in [1.29, 1.82) is 0 Å². The third-order valence-electron chi connectivity index (χ3n) is 3.71. The lowest BCUT2D eigenvalue weighted by Gasteiger charge is -2.09. The van der Waals surface area contributed by atoms with Gasteiger partial charge in [-0.2, -0.15) is 0 Å². The number of aromatic nitrogens is 2. The second kappa shape index (κ2) is 6.81. The minimum Gasteiger partial charge on any atom is -0.340 e. The average Bonchev–Trinajstić information content (AvgIpc) is 3.04. The van der Waals surface area contributed by atoms with E-state index in [2.05, 4.69) is 20.7 Å². The average molecular weight is 407 g/mol. The molecule has 2 aromatic carbocycles. The number of hydrogen-bond donors (Lipinski definition) is 1. The first-order chi connectivity index (χ1) is 12.1. The molecular formula is C18H10Cl3N3S. The summed E-state index contributed by atoms with van der Waals surface area (Å²) < 4.78 is 0. The molecule has 0 saturated carbocycles. The van der Waals surface area contributed by atoms with Gasteiger partial charge in [0.25, 0.3) is 0 Å². The van der Waals surface area contributed by atoms with Crippen LogP contribution in [0, 0.1) is 0 Å². The maximum Gasteiger partial charge on any atom is 0.143 e. The highest BCUT2D eigenvalue weighted by atomic mass is 35.5. The molecule has 0 fully saturated rings. The van der Waals surface area contributed by atoms with Crippen molar-refractivity contribution in [1.82, 2.24) is 9.97 Å². The number of rotatable bonds is 3. The summed E-state index contributed by atoms with van der Waals surface area (Å²) in [5.74, 6) is 0.717. The van der Waals surface area contributed by atoms with Crippen LogP contribution in [0.3, 0.4) is 0 Å². The lowest BCUT2D eigenvalue weighted by Crippen LogP contribution is -1.95. The Morgan fingerprint density at radius 1 is 0.880 bits per heavy atom. The molecule has 0 saturated heterocycles. The molecule has 1 N–H and O–H groups in total. The second-order valence-corrected chi connectivity index (χ2v) is 7.42. The maximum absolute atomic E-state index is 6.10. The predicted octanol–water partition coefficient (Wildman–Crippen LogP) is 7.06. The number of thiophene rings is 1. The van der Waals surface area contributed by atoms with Crippen LogP contribution in [0.2, 0.25) is 15.1 Å². The van der Waals surface area contributed by atoms with Crippen LogP contribution in [0.15, 0.2) is 54.2 Å². The first-order valence-electron chi connectivity index (χ1n) is 7.32. The summed E-state index contributed by atoms with van der Waals surface area (Å²) in [7, 11) is 0. The summed E-state index contributed by atoms with van der Waals surface area (Å²) in [5.41, 5.74) is 2.92. The van der Waals surface area contributed by atoms with E-state index in [-0.39, 0.29) is 0 Å². The standard InChI is InChI=1S/C18H10Cl3N3S/c19-11-3-1-10(2-4-11)13-8-25-18-16(13)17(22-9-23-18)24-12-5-6-14(20)15(21)7-12/h1-9H,(H,22,23,24). The molecule has 25 heavy (non-hydrogen) atoms. The van der Waals surface area contributed by atoms with Crippen LogP contribution in [0.4, 0.5) is 11.5 Å². The maximum atomic E-state index is 6.10. The van der Waals surface area contributed by atoms with Gasteiger partial charge in [-0.25, -0.2) is 9.97 Å². The zero-order chi connectivity index (χ0) is 17.4. The minimum atomic E-state index is 0.486. The molecule has 4 aromatic rings. The summed E-state index contributed by atoms with van der Waals surface area (Å²) in [5, 5.41) is 8.04. The zero-order valence-corrected chi connectivity index (χ0v) is 15.7. The van der Waals surface area contributed by atoms with Gasteiger partial charge >= 0.3 is 0 Å². The van der Waals surface area contributed by atoms with E-state index in [0.29, 0.717) is 15.1 Å². The SMILES string of the molecule is Clc1ccc(-c2csc3ncnc(Nc4ccc(Cl)c(Cl)c4)c23)cc1. The van der Waals surface area contributed by atoms with Gasteiger partial charge in [-0.1, -0.05) is 46.9 Å². The van der Waals surface area contributed by atoms with Gasteiger partial charge in [-0.3, -0.25) is 0 Å². The summed E-state index contributed by atoms with van der Waals surface area (Å²) in [4.78, 5) is 9.69. The predicted molar refractivity (Wildman–Crippen MR) is 108 cm³/mol. The van der Waals surface area contributed by atoms with Crippen molar-refractivity contribution in [2.24, 2.45) is 0 Å². The van der Waals surface area contributed by atoms with Crippen molar-refractivity contribution in [3.8, 4) is 11.1 Å². The first kappa shape index (κ1) is 16.6. The molecular weight excluding hydrogens is 397 g/mol. The van der Waals surface area contributed by atoms with E-state index in [1.807, 2.05) is 30.3 Å². The molecule has 3 nitrogen and oxygen atoms in total. The van der Waals surface area contributed by atoms with E-state index < -0.39 is 0 Å². The highest BCUT2D eigenvalue weighted by Gasteiger charge is 2.13. The highest BCUT2D eigenvalue weighted by Crippen LogP contribution is 2.38. The Bertz CT molecular complexity index is 1060. The van der Waals surface area contributed by atoms with E-state index in [0.717, 1.165) is 32.8 Å². The van der Waals surface area contributed by atoms with E-state index >= 15 is 0 Å². The van der Waals surface area contributed by atoms with Gasteiger partial charge in [0, 0.05) is 21.7 Å². The van der Waals surface area contributed by atoms with E-state index in [1.165, 1.54) is 0 Å². The Morgan fingerprint density at radius 3 is 2.44 bits per heavy atom. The molecule has 2 heterocycles. The van der Waals surface area contributed by atoms with E-state index in [1.54, 1.807) is 29.8 Å². The summed E-state index contributed by atoms with van der Waals surface area (Å²) >= 11 is 19.7. The number of halogens is 3. The van der Waals surface area contributed by atoms with E-state index in [9.17, 15) is 0 Å². The molecule has 0 aliphatic carbocycles. The fraction of sp³-hybridized carbons (Fsp3) is 0. The lowest BCUT2D eigenvalue weighted by atomic mass is 10.1. The van der Waals surface area contributed by atoms with Crippen LogP contribution >= 0.6 is 46.1 Å². The number of benzene rings is 2. The highest BCUT2D eigenvalue weighted by molar-refractivity contribution is 7.17. The number of anilines is 2. The van der Waals surface area contributed by atoms with Crippen LogP contribution in [-0.2, 0) is 0 Å². The van der Waals surface area contributed by atoms with Crippen molar-refractivity contribution in [3.63, 3.8) is 0 Å². The molecule has 0 amide bonds. The van der Waals surface area contributed by atoms with Crippen molar-refractivity contribution in [2.75, 3.05) is 5.32 Å². The van der Waals surface area contributed by atoms with Gasteiger partial charge in [0.1, 0.15) is 17.0 Å². The molecule has 2 aromatic heterocycles. The van der Waals surface area contributed by atoms with Gasteiger partial charge in [0.05, 0.1) is 15.4 Å². The van der Waals surface area contributed by atoms with Gasteiger partial charge < -0.3 is 5.32 Å². The van der Waals surface area contributed by atoms with Crippen LogP contribution in [0.1, 0.15) is 0 Å². The van der Waals surface area contributed by atoms with Gasteiger partial charge in [0.2, 0.25) is 0 Å². The normalized spacial score (nSPS) is 11.0. The summed E-state index contributed by atoms with van der Waals surface area (Å²) in [6.45, 7) is 0. The molecule has 0 bridgehead atoms. The lowest BCUT2D eigenvalue weighted by molar-refractivity contribution is 1.23. The number of nitrogens with one attached hydrogen (secondary N) is 1. The van der Waals surface area contributed by atoms with Crippen molar-refractivity contribution < 1.29 is 0 Å². The monoisotopic (exact) mass is 405 g/mol. The van der Waals surface area contributed by atoms with Crippen LogP contribution < -0.4 is 5.32 Å². The topological polar surface area (TPSA) is 37.8 Å². The molecule has 0 atom stereocenters. The third-order valence-corrected chi connectivity index (χ3v) is 5.59. The number of fused-ring (bicyclic) bond motifs is 1. The third kappa shape index (κ3) is 3.31. The minimum absolute atomic E-state index is 0.486. The zero-order valence-electron chi connectivity index (χ0n) is 12.6. The fourth-order valence-corrected chi connectivity index (χ4v) is 3.86. The molecule has 0 spiro atoms. The second-order valence-electron chi connectivity index (χ2n) is 5.31. The van der Waals surface area contributed by atoms with Gasteiger partial charge in [-0.15, -0.1) is 11.3 Å².